The van der Waals surface area contributed by atoms with Gasteiger partial charge in [-0.2, -0.15) is 25.3 Å². The molecule has 0 unspecified atom stereocenters. The average Bonchev–Trinajstić information content (AvgIpc) is 3.35. The summed E-state index contributed by atoms with van der Waals surface area (Å²) < 4.78 is 98.2. The van der Waals surface area contributed by atoms with Gasteiger partial charge >= 0.3 is 0 Å². The summed E-state index contributed by atoms with van der Waals surface area (Å²) in [6, 6.07) is 7.42. The maximum atomic E-state index is 12.1. The van der Waals surface area contributed by atoms with Crippen molar-refractivity contribution < 1.29 is 38.9 Å². The highest BCUT2D eigenvalue weighted by atomic mass is 32.2. The highest BCUT2D eigenvalue weighted by molar-refractivity contribution is 7.86. The van der Waals surface area contributed by atoms with Crippen LogP contribution >= 0.6 is 11.3 Å². The summed E-state index contributed by atoms with van der Waals surface area (Å²) in [6.07, 6.45) is 0. The monoisotopic (exact) mass is 575 g/mol. The highest BCUT2D eigenvalue weighted by Gasteiger charge is 2.32. The van der Waals surface area contributed by atoms with Crippen molar-refractivity contribution in [2.45, 2.75) is 28.5 Å². The van der Waals surface area contributed by atoms with E-state index < -0.39 is 40.1 Å². The Morgan fingerprint density at radius 3 is 1.92 bits per heavy atom. The lowest BCUT2D eigenvalue weighted by molar-refractivity contribution is 0.478. The summed E-state index contributed by atoms with van der Waals surface area (Å²) in [7, 11) is -14.2. The van der Waals surface area contributed by atoms with E-state index >= 15 is 0 Å². The molecule has 0 saturated heterocycles. The zero-order valence-electron chi connectivity index (χ0n) is 18.3. The van der Waals surface area contributed by atoms with Crippen molar-refractivity contribution in [3.8, 4) is 0 Å². The van der Waals surface area contributed by atoms with Gasteiger partial charge in [0, 0.05) is 10.4 Å². The second-order valence-corrected chi connectivity index (χ2v) is 12.8. The van der Waals surface area contributed by atoms with E-state index in [0.29, 0.717) is 16.9 Å². The Labute approximate surface area is 209 Å². The van der Waals surface area contributed by atoms with Crippen LogP contribution in [-0.2, 0) is 30.4 Å². The predicted molar refractivity (Wildman–Crippen MR) is 129 cm³/mol. The number of amidine groups is 1. The molecule has 36 heavy (non-hydrogen) atoms. The lowest BCUT2D eigenvalue weighted by Gasteiger charge is -2.25. The van der Waals surface area contributed by atoms with Crippen molar-refractivity contribution in [2.75, 3.05) is 10.2 Å². The van der Waals surface area contributed by atoms with Crippen LogP contribution in [0, 0.1) is 13.8 Å². The number of nitrogens with one attached hydrogen (secondary N) is 1. The van der Waals surface area contributed by atoms with Gasteiger partial charge in [0.15, 0.2) is 5.84 Å². The predicted octanol–water partition coefficient (Wildman–Crippen LogP) is 1.61. The summed E-state index contributed by atoms with van der Waals surface area (Å²) in [4.78, 5) is 3.30. The molecule has 0 spiro atoms. The van der Waals surface area contributed by atoms with Gasteiger partial charge in [0.2, 0.25) is 5.13 Å². The van der Waals surface area contributed by atoms with Crippen LogP contribution in [0.2, 0.25) is 0 Å². The van der Waals surface area contributed by atoms with E-state index in [1.54, 1.807) is 6.92 Å². The van der Waals surface area contributed by atoms with E-state index in [2.05, 4.69) is 15.5 Å². The van der Waals surface area contributed by atoms with Crippen LogP contribution in [0.1, 0.15) is 16.1 Å². The molecule has 18 heteroatoms. The fourth-order valence-electron chi connectivity index (χ4n) is 3.10. The molecule has 1 aromatic heterocycles. The molecule has 0 aliphatic carbocycles. The molecule has 1 aliphatic rings. The van der Waals surface area contributed by atoms with Crippen LogP contribution in [0.4, 0.5) is 10.8 Å². The molecule has 0 fully saturated rings. The number of aryl methyl sites for hydroxylation is 2. The second kappa shape index (κ2) is 8.76. The molecule has 3 aromatic rings. The van der Waals surface area contributed by atoms with Crippen LogP contribution in [0.3, 0.4) is 0 Å². The van der Waals surface area contributed by atoms with Crippen LogP contribution < -0.4 is 15.7 Å². The van der Waals surface area contributed by atoms with Crippen LogP contribution in [0.15, 0.2) is 62.3 Å². The van der Waals surface area contributed by atoms with Crippen molar-refractivity contribution >= 4 is 58.3 Å². The van der Waals surface area contributed by atoms with Gasteiger partial charge in [-0.1, -0.05) is 11.3 Å². The smallest absolute Gasteiger partial charge is 0.282 e. The number of hydrazone groups is 1. The summed E-state index contributed by atoms with van der Waals surface area (Å²) in [5.41, 5.74) is 3.55. The molecular weight excluding hydrogens is 558 g/mol. The van der Waals surface area contributed by atoms with E-state index in [1.165, 1.54) is 33.7 Å². The van der Waals surface area contributed by atoms with Crippen molar-refractivity contribution in [1.29, 1.82) is 0 Å². The first-order chi connectivity index (χ1) is 16.6. The third-order valence-corrected chi connectivity index (χ3v) is 8.60. The maximum Gasteiger partial charge on any atom is 0.295 e. The SMILES string of the molecule is Cc1nc(N2NC(c3ccc(S(=O)(=O)O)cc3S(=O)(=O)O)=NN2c2ccc(S(=O)(=O)O)cc2)sc1C. The lowest BCUT2D eigenvalue weighted by Crippen LogP contribution is -2.44. The van der Waals surface area contributed by atoms with E-state index in [-0.39, 0.29) is 22.0 Å². The van der Waals surface area contributed by atoms with Crippen molar-refractivity contribution in [2.24, 2.45) is 5.10 Å². The molecule has 0 amide bonds. The van der Waals surface area contributed by atoms with Crippen LogP contribution in [0.25, 0.3) is 0 Å². The molecule has 0 saturated carbocycles. The zero-order valence-corrected chi connectivity index (χ0v) is 21.5. The van der Waals surface area contributed by atoms with Crippen molar-refractivity contribution in [3.05, 3.63) is 58.6 Å². The Kier molecular flexibility index (Phi) is 6.32. The van der Waals surface area contributed by atoms with Gasteiger partial charge < -0.3 is 0 Å². The number of benzene rings is 2. The van der Waals surface area contributed by atoms with Gasteiger partial charge in [0.25, 0.3) is 30.4 Å². The summed E-state index contributed by atoms with van der Waals surface area (Å²) >= 11 is 1.25. The molecular formula is C18H17N5O9S4. The second-order valence-electron chi connectivity index (χ2n) is 7.38. The van der Waals surface area contributed by atoms with Gasteiger partial charge in [-0.3, -0.25) is 19.1 Å². The number of hydrazine groups is 2. The van der Waals surface area contributed by atoms with Crippen molar-refractivity contribution in [1.82, 2.24) is 10.4 Å². The topological polar surface area (TPSA) is 207 Å². The summed E-state index contributed by atoms with van der Waals surface area (Å²) in [6.45, 7) is 3.59. The number of hydrogen-bond donors (Lipinski definition) is 4. The standard InChI is InChI=1S/C18H17N5O9S4/c1-10-11(2)33-18(19-10)23-21-17(20-22(23)12-3-5-13(6-4-12)34(24,25)26)15-8-7-14(35(27,28)29)9-16(15)36(30,31)32/h3-9H,1-2H3,(H,20,21)(H,24,25,26)(H,27,28,29)(H,30,31,32). The molecule has 1 aliphatic heterocycles. The zero-order chi connectivity index (χ0) is 26.6. The quantitative estimate of drug-likeness (QED) is 0.308. The van der Waals surface area contributed by atoms with E-state index in [4.69, 9.17) is 0 Å². The minimum atomic E-state index is -4.98. The van der Waals surface area contributed by atoms with Gasteiger partial charge in [-0.05, 0) is 56.3 Å². The molecule has 192 valence electrons. The van der Waals surface area contributed by atoms with E-state index in [1.807, 2.05) is 6.92 Å². The van der Waals surface area contributed by atoms with Crippen molar-refractivity contribution in [3.63, 3.8) is 0 Å². The Hall–Kier alpha value is -3.13. The third kappa shape index (κ3) is 5.05. The first kappa shape index (κ1) is 25.9. The number of anilines is 2. The molecule has 2 aromatic carbocycles. The number of aromatic nitrogens is 1. The molecule has 4 N–H and O–H groups in total. The number of hydrogen-bond acceptors (Lipinski definition) is 12. The third-order valence-electron chi connectivity index (χ3n) is 4.94. The van der Waals surface area contributed by atoms with Crippen LogP contribution in [-0.4, -0.2) is 49.7 Å². The Morgan fingerprint density at radius 2 is 1.42 bits per heavy atom. The Balaban J connectivity index is 1.87. The highest BCUT2D eigenvalue weighted by Crippen LogP contribution is 2.32. The average molecular weight is 576 g/mol. The largest absolute Gasteiger partial charge is 0.295 e. The Morgan fingerprint density at radius 1 is 0.833 bits per heavy atom. The van der Waals surface area contributed by atoms with Gasteiger partial charge in [-0.25, -0.2) is 4.98 Å². The minimum absolute atomic E-state index is 0.158. The first-order valence-corrected chi connectivity index (χ1v) is 14.8. The van der Waals surface area contributed by atoms with E-state index in [9.17, 15) is 38.9 Å². The molecule has 14 nitrogen and oxygen atoms in total. The van der Waals surface area contributed by atoms with Gasteiger partial charge in [0.05, 0.1) is 21.2 Å². The Bertz CT molecular complexity index is 1690. The maximum absolute atomic E-state index is 12.1. The first-order valence-electron chi connectivity index (χ1n) is 9.62. The molecule has 0 radical (unpaired) electrons. The van der Waals surface area contributed by atoms with E-state index in [0.717, 1.165) is 29.1 Å². The number of nitrogens with zero attached hydrogens (tertiary/aromatic N) is 4. The summed E-state index contributed by atoms with van der Waals surface area (Å²) in [5.74, 6) is -0.158. The molecule has 4 rings (SSSR count). The fourth-order valence-corrected chi connectivity index (χ4v) is 5.73. The molecule has 2 heterocycles. The lowest BCUT2D eigenvalue weighted by atomic mass is 10.2. The molecule has 0 bridgehead atoms. The van der Waals surface area contributed by atoms with Crippen LogP contribution in [0.5, 0.6) is 0 Å². The number of thiazole rings is 1. The normalized spacial score (nSPS) is 14.6. The molecule has 0 atom stereocenters. The fraction of sp³-hybridized carbons (Fsp3) is 0.111. The summed E-state index contributed by atoms with van der Waals surface area (Å²) in [5, 5.41) is 7.19. The number of rotatable bonds is 6. The van der Waals surface area contributed by atoms with Gasteiger partial charge in [-0.15, -0.1) is 15.3 Å². The van der Waals surface area contributed by atoms with Gasteiger partial charge in [0.1, 0.15) is 4.90 Å². The minimum Gasteiger partial charge on any atom is -0.282 e.